The van der Waals surface area contributed by atoms with Crippen LogP contribution in [0.5, 0.6) is 5.75 Å². The number of phenols is 1. The number of nitrogens with one attached hydrogen (secondary N) is 1. The van der Waals surface area contributed by atoms with Gasteiger partial charge in [-0.05, 0) is 58.7 Å². The number of nitrogen functional groups attached to an aromatic ring is 1. The van der Waals surface area contributed by atoms with Crippen molar-refractivity contribution in [1.82, 2.24) is 30.7 Å². The number of carbonyl (C=O) groups is 1. The standard InChI is InChI=1S/C20H16Cl2N8O3/c1-2-15(10-3-6-12(31)7-4-10)24-26-20(32)16-17(11-5-8-13(21)14(22)9-11)30(29-25-16)19-18(23)27-33-28-19/h3-9,31H,2H2,1H3,(H2,23,27)(H,26,32). The summed E-state index contributed by atoms with van der Waals surface area (Å²) in [6, 6.07) is 11.2. The van der Waals surface area contributed by atoms with Gasteiger partial charge in [0.15, 0.2) is 5.69 Å². The van der Waals surface area contributed by atoms with Gasteiger partial charge in [-0.3, -0.25) is 4.79 Å². The molecule has 0 aliphatic rings. The highest BCUT2D eigenvalue weighted by atomic mass is 35.5. The number of aromatic hydroxyl groups is 1. The number of rotatable bonds is 6. The molecule has 2 heterocycles. The van der Waals surface area contributed by atoms with Crippen LogP contribution in [0.1, 0.15) is 29.4 Å². The molecule has 2 aromatic carbocycles. The monoisotopic (exact) mass is 486 g/mol. The molecule has 0 spiro atoms. The van der Waals surface area contributed by atoms with Crippen molar-refractivity contribution in [1.29, 1.82) is 0 Å². The fourth-order valence-electron chi connectivity index (χ4n) is 3.00. The molecule has 0 saturated heterocycles. The van der Waals surface area contributed by atoms with Gasteiger partial charge < -0.3 is 10.8 Å². The lowest BCUT2D eigenvalue weighted by atomic mass is 10.1. The lowest BCUT2D eigenvalue weighted by Crippen LogP contribution is -2.21. The van der Waals surface area contributed by atoms with Crippen molar-refractivity contribution in [2.24, 2.45) is 5.10 Å². The highest BCUT2D eigenvalue weighted by Crippen LogP contribution is 2.31. The van der Waals surface area contributed by atoms with Crippen LogP contribution in [0.3, 0.4) is 0 Å². The molecular weight excluding hydrogens is 471 g/mol. The zero-order valence-corrected chi connectivity index (χ0v) is 18.5. The minimum absolute atomic E-state index is 0.0458. The first-order valence-corrected chi connectivity index (χ1v) is 10.3. The number of benzene rings is 2. The summed E-state index contributed by atoms with van der Waals surface area (Å²) in [7, 11) is 0. The summed E-state index contributed by atoms with van der Waals surface area (Å²) in [5.41, 5.74) is 10.3. The molecule has 0 fully saturated rings. The molecule has 0 bridgehead atoms. The zero-order chi connectivity index (χ0) is 23.5. The molecule has 2 aromatic heterocycles. The topological polar surface area (TPSA) is 157 Å². The number of nitrogens with two attached hydrogens (primary N) is 1. The molecule has 4 rings (SSSR count). The average molecular weight is 487 g/mol. The largest absolute Gasteiger partial charge is 0.508 e. The van der Waals surface area contributed by atoms with Crippen molar-refractivity contribution in [2.45, 2.75) is 13.3 Å². The summed E-state index contributed by atoms with van der Waals surface area (Å²) < 4.78 is 5.87. The summed E-state index contributed by atoms with van der Waals surface area (Å²) >= 11 is 12.2. The van der Waals surface area contributed by atoms with Crippen molar-refractivity contribution < 1.29 is 14.5 Å². The molecule has 1 amide bonds. The van der Waals surface area contributed by atoms with Crippen molar-refractivity contribution >= 4 is 40.6 Å². The van der Waals surface area contributed by atoms with Crippen LogP contribution in [0.15, 0.2) is 52.2 Å². The van der Waals surface area contributed by atoms with E-state index in [0.29, 0.717) is 22.7 Å². The molecule has 11 nitrogen and oxygen atoms in total. The highest BCUT2D eigenvalue weighted by molar-refractivity contribution is 6.42. The van der Waals surface area contributed by atoms with Crippen LogP contribution in [0.25, 0.3) is 17.1 Å². The number of halogens is 2. The maximum absolute atomic E-state index is 13.0. The maximum atomic E-state index is 13.0. The molecule has 13 heteroatoms. The summed E-state index contributed by atoms with van der Waals surface area (Å²) in [5.74, 6) is -0.513. The number of hydrazone groups is 1. The number of hydrogen-bond acceptors (Lipinski definition) is 9. The SMILES string of the molecule is CCC(=NNC(=O)c1nnn(-c2nonc2N)c1-c1ccc(Cl)c(Cl)c1)c1ccc(O)cc1. The second-order valence-electron chi connectivity index (χ2n) is 6.70. The van der Waals surface area contributed by atoms with Crippen LogP contribution >= 0.6 is 23.2 Å². The van der Waals surface area contributed by atoms with E-state index in [1.54, 1.807) is 30.3 Å². The van der Waals surface area contributed by atoms with Gasteiger partial charge in [0.1, 0.15) is 11.4 Å². The van der Waals surface area contributed by atoms with Gasteiger partial charge in [0.25, 0.3) is 5.91 Å². The first kappa shape index (κ1) is 22.2. The van der Waals surface area contributed by atoms with E-state index in [-0.39, 0.29) is 33.8 Å². The molecule has 0 unspecified atom stereocenters. The van der Waals surface area contributed by atoms with Crippen molar-refractivity contribution in [3.05, 3.63) is 63.8 Å². The third-order valence-corrected chi connectivity index (χ3v) is 5.34. The molecule has 4 N–H and O–H groups in total. The van der Waals surface area contributed by atoms with Crippen molar-refractivity contribution in [2.75, 3.05) is 5.73 Å². The fraction of sp³-hybridized carbons (Fsp3) is 0.100. The van der Waals surface area contributed by atoms with E-state index in [2.05, 4.69) is 35.8 Å². The van der Waals surface area contributed by atoms with E-state index in [0.717, 1.165) is 5.56 Å². The predicted octanol–water partition coefficient (Wildman–Crippen LogP) is 3.46. The van der Waals surface area contributed by atoms with Gasteiger partial charge in [-0.2, -0.15) is 9.78 Å². The van der Waals surface area contributed by atoms with E-state index in [9.17, 15) is 9.90 Å². The quantitative estimate of drug-likeness (QED) is 0.276. The second-order valence-corrected chi connectivity index (χ2v) is 7.51. The Bertz CT molecular complexity index is 1350. The Morgan fingerprint density at radius 3 is 2.58 bits per heavy atom. The fourth-order valence-corrected chi connectivity index (χ4v) is 3.29. The number of hydrogen-bond donors (Lipinski definition) is 3. The number of nitrogens with zero attached hydrogens (tertiary/aromatic N) is 6. The number of carbonyl (C=O) groups excluding carboxylic acids is 1. The van der Waals surface area contributed by atoms with Crippen LogP contribution < -0.4 is 11.2 Å². The Hall–Kier alpha value is -3.96. The third-order valence-electron chi connectivity index (χ3n) is 4.60. The van der Waals surface area contributed by atoms with E-state index < -0.39 is 5.91 Å². The third kappa shape index (κ3) is 4.49. The molecule has 0 radical (unpaired) electrons. The van der Waals surface area contributed by atoms with Crippen molar-refractivity contribution in [3.63, 3.8) is 0 Å². The number of anilines is 1. The maximum Gasteiger partial charge on any atom is 0.294 e. The van der Waals surface area contributed by atoms with Crippen LogP contribution in [-0.2, 0) is 0 Å². The molecular formula is C20H16Cl2N8O3. The van der Waals surface area contributed by atoms with Crippen molar-refractivity contribution in [3.8, 4) is 22.8 Å². The zero-order valence-electron chi connectivity index (χ0n) is 17.0. The highest BCUT2D eigenvalue weighted by Gasteiger charge is 2.25. The lowest BCUT2D eigenvalue weighted by Gasteiger charge is -2.08. The second kappa shape index (κ2) is 9.27. The molecule has 168 valence electrons. The average Bonchev–Trinajstić information content (AvgIpc) is 3.43. The summed E-state index contributed by atoms with van der Waals surface area (Å²) in [5, 5.41) is 29.5. The van der Waals surface area contributed by atoms with E-state index in [1.807, 2.05) is 6.92 Å². The smallest absolute Gasteiger partial charge is 0.294 e. The van der Waals surface area contributed by atoms with Crippen LogP contribution in [-0.4, -0.2) is 42.0 Å². The lowest BCUT2D eigenvalue weighted by molar-refractivity contribution is 0.0950. The molecule has 33 heavy (non-hydrogen) atoms. The molecule has 0 saturated carbocycles. The van der Waals surface area contributed by atoms with Gasteiger partial charge in [0, 0.05) is 5.56 Å². The van der Waals surface area contributed by atoms with Crippen LogP contribution in [0.4, 0.5) is 5.82 Å². The molecule has 0 atom stereocenters. The molecule has 0 aliphatic heterocycles. The number of phenolic OH excluding ortho intramolecular Hbond substituents is 1. The van der Waals surface area contributed by atoms with Crippen LogP contribution in [0.2, 0.25) is 10.0 Å². The molecule has 0 aliphatic carbocycles. The van der Waals surface area contributed by atoms with Crippen LogP contribution in [0, 0.1) is 0 Å². The first-order chi connectivity index (χ1) is 15.9. The summed E-state index contributed by atoms with van der Waals surface area (Å²) in [6.07, 6.45) is 0.526. The van der Waals surface area contributed by atoms with E-state index in [1.165, 1.54) is 16.8 Å². The van der Waals surface area contributed by atoms with Gasteiger partial charge >= 0.3 is 0 Å². The summed E-state index contributed by atoms with van der Waals surface area (Å²) in [4.78, 5) is 13.0. The van der Waals surface area contributed by atoms with E-state index in [4.69, 9.17) is 28.9 Å². The Labute approximate surface area is 196 Å². The minimum atomic E-state index is -0.637. The normalized spacial score (nSPS) is 11.5. The number of amides is 1. The van der Waals surface area contributed by atoms with Gasteiger partial charge in [-0.25, -0.2) is 10.1 Å². The number of aromatic nitrogens is 5. The Balaban J connectivity index is 1.74. The van der Waals surface area contributed by atoms with Gasteiger partial charge in [0.05, 0.1) is 15.8 Å². The van der Waals surface area contributed by atoms with Gasteiger partial charge in [-0.15, -0.1) is 5.10 Å². The Kier molecular flexibility index (Phi) is 6.24. The van der Waals surface area contributed by atoms with Gasteiger partial charge in [-0.1, -0.05) is 41.4 Å². The minimum Gasteiger partial charge on any atom is -0.508 e. The predicted molar refractivity (Wildman–Crippen MR) is 121 cm³/mol. The first-order valence-electron chi connectivity index (χ1n) is 9.54. The Morgan fingerprint density at radius 2 is 1.94 bits per heavy atom. The molecule has 4 aromatic rings. The Morgan fingerprint density at radius 1 is 1.18 bits per heavy atom. The van der Waals surface area contributed by atoms with E-state index >= 15 is 0 Å². The summed E-state index contributed by atoms with van der Waals surface area (Å²) in [6.45, 7) is 1.88. The van der Waals surface area contributed by atoms with Gasteiger partial charge in [0.2, 0.25) is 11.6 Å².